The van der Waals surface area contributed by atoms with Crippen LogP contribution in [0.25, 0.3) is 22.6 Å². The zero-order valence-corrected chi connectivity index (χ0v) is 22.4. The molecular formula is C29H31N3O4S. The standard InChI is InChI=1S/C29H31N3O4S/c1-17(2)16-35-22-10-6-19(7-11-22)27(33)32-29(37)31-23-15-21(9-12-25(23)34-5)28-30-24-14-20(18(3)4)8-13-26(24)36-28/h6-15,17-18H,16H2,1-5H3,(H2,31,32,33,37). The normalized spacial score (nSPS) is 11.1. The Bertz CT molecular complexity index is 1410. The van der Waals surface area contributed by atoms with Crippen molar-refractivity contribution >= 4 is 40.0 Å². The molecule has 8 heteroatoms. The smallest absolute Gasteiger partial charge is 0.257 e. The molecule has 0 saturated carbocycles. The topological polar surface area (TPSA) is 85.6 Å². The average molecular weight is 518 g/mol. The number of nitrogens with one attached hydrogen (secondary N) is 2. The lowest BCUT2D eigenvalue weighted by Crippen LogP contribution is -2.34. The fourth-order valence-electron chi connectivity index (χ4n) is 3.66. The molecule has 3 aromatic carbocycles. The number of methoxy groups -OCH3 is 1. The molecule has 0 saturated heterocycles. The number of ether oxygens (including phenoxy) is 2. The molecule has 0 aliphatic heterocycles. The van der Waals surface area contributed by atoms with Gasteiger partial charge in [-0.1, -0.05) is 33.8 Å². The molecule has 0 aliphatic carbocycles. The Balaban J connectivity index is 1.47. The van der Waals surface area contributed by atoms with E-state index in [1.54, 1.807) is 37.4 Å². The Morgan fingerprint density at radius 1 is 1.03 bits per heavy atom. The highest BCUT2D eigenvalue weighted by atomic mass is 32.1. The number of hydrogen-bond donors (Lipinski definition) is 2. The van der Waals surface area contributed by atoms with Gasteiger partial charge in [0, 0.05) is 11.1 Å². The molecule has 1 amide bonds. The van der Waals surface area contributed by atoms with Crippen molar-refractivity contribution in [1.82, 2.24) is 10.3 Å². The second kappa shape index (κ2) is 11.4. The third-order valence-corrected chi connectivity index (χ3v) is 5.90. The summed E-state index contributed by atoms with van der Waals surface area (Å²) < 4.78 is 17.1. The van der Waals surface area contributed by atoms with Gasteiger partial charge in [-0.3, -0.25) is 10.1 Å². The number of carbonyl (C=O) groups excluding carboxylic acids is 1. The van der Waals surface area contributed by atoms with Gasteiger partial charge >= 0.3 is 0 Å². The first-order chi connectivity index (χ1) is 17.7. The summed E-state index contributed by atoms with van der Waals surface area (Å²) in [6.45, 7) is 9.06. The van der Waals surface area contributed by atoms with Crippen molar-refractivity contribution in [3.05, 3.63) is 71.8 Å². The summed E-state index contributed by atoms with van der Waals surface area (Å²) in [5.74, 6) is 2.24. The molecular weight excluding hydrogens is 486 g/mol. The van der Waals surface area contributed by atoms with Crippen LogP contribution in [0.4, 0.5) is 5.69 Å². The number of fused-ring (bicyclic) bond motifs is 1. The molecule has 0 bridgehead atoms. The minimum atomic E-state index is -0.331. The maximum absolute atomic E-state index is 12.7. The quantitative estimate of drug-likeness (QED) is 0.249. The molecule has 0 atom stereocenters. The molecule has 7 nitrogen and oxygen atoms in total. The number of thiocarbonyl (C=S) groups is 1. The monoisotopic (exact) mass is 517 g/mol. The fourth-order valence-corrected chi connectivity index (χ4v) is 3.86. The molecule has 4 aromatic rings. The fraction of sp³-hybridized carbons (Fsp3) is 0.276. The van der Waals surface area contributed by atoms with Crippen molar-refractivity contribution in [2.75, 3.05) is 19.0 Å². The van der Waals surface area contributed by atoms with Crippen LogP contribution in [-0.2, 0) is 0 Å². The highest BCUT2D eigenvalue weighted by Crippen LogP contribution is 2.32. The first-order valence-corrected chi connectivity index (χ1v) is 12.6. The maximum Gasteiger partial charge on any atom is 0.257 e. The number of amides is 1. The first kappa shape index (κ1) is 26.2. The van der Waals surface area contributed by atoms with Gasteiger partial charge in [0.2, 0.25) is 5.89 Å². The van der Waals surface area contributed by atoms with Gasteiger partial charge in [0.15, 0.2) is 10.7 Å². The van der Waals surface area contributed by atoms with Crippen LogP contribution >= 0.6 is 12.2 Å². The minimum absolute atomic E-state index is 0.139. The minimum Gasteiger partial charge on any atom is -0.495 e. The van der Waals surface area contributed by atoms with Crippen molar-refractivity contribution in [1.29, 1.82) is 0 Å². The van der Waals surface area contributed by atoms with Crippen LogP contribution in [-0.4, -0.2) is 29.7 Å². The van der Waals surface area contributed by atoms with E-state index in [9.17, 15) is 4.79 Å². The Morgan fingerprint density at radius 3 is 2.46 bits per heavy atom. The number of hydrogen-bond acceptors (Lipinski definition) is 6. The molecule has 0 radical (unpaired) electrons. The molecule has 0 spiro atoms. The Hall–Kier alpha value is -3.91. The average Bonchev–Trinajstić information content (AvgIpc) is 3.31. The lowest BCUT2D eigenvalue weighted by molar-refractivity contribution is 0.0977. The Labute approximate surface area is 222 Å². The van der Waals surface area contributed by atoms with E-state index in [0.29, 0.717) is 52.7 Å². The summed E-state index contributed by atoms with van der Waals surface area (Å²) in [4.78, 5) is 17.4. The summed E-state index contributed by atoms with van der Waals surface area (Å²) in [6.07, 6.45) is 0. The van der Waals surface area contributed by atoms with Gasteiger partial charge in [-0.25, -0.2) is 4.98 Å². The zero-order chi connectivity index (χ0) is 26.5. The number of oxazole rings is 1. The van der Waals surface area contributed by atoms with E-state index in [1.165, 1.54) is 5.56 Å². The summed E-state index contributed by atoms with van der Waals surface area (Å²) in [6, 6.07) is 18.5. The second-order valence-corrected chi connectivity index (χ2v) is 9.86. The number of nitrogens with zero attached hydrogens (tertiary/aromatic N) is 1. The largest absolute Gasteiger partial charge is 0.495 e. The van der Waals surface area contributed by atoms with Crippen LogP contribution in [0.15, 0.2) is 65.1 Å². The van der Waals surface area contributed by atoms with Gasteiger partial charge < -0.3 is 19.2 Å². The maximum atomic E-state index is 12.7. The lowest BCUT2D eigenvalue weighted by Gasteiger charge is -2.14. The van der Waals surface area contributed by atoms with E-state index in [-0.39, 0.29) is 11.0 Å². The van der Waals surface area contributed by atoms with Crippen molar-refractivity contribution in [2.24, 2.45) is 5.92 Å². The van der Waals surface area contributed by atoms with Gasteiger partial charge in [-0.15, -0.1) is 0 Å². The molecule has 192 valence electrons. The van der Waals surface area contributed by atoms with Gasteiger partial charge in [-0.2, -0.15) is 0 Å². The summed E-state index contributed by atoms with van der Waals surface area (Å²) >= 11 is 5.40. The van der Waals surface area contributed by atoms with Gasteiger partial charge in [0.25, 0.3) is 5.91 Å². The third kappa shape index (κ3) is 6.46. The SMILES string of the molecule is COc1ccc(-c2nc3cc(C(C)C)ccc3o2)cc1NC(=S)NC(=O)c1ccc(OCC(C)C)cc1. The van der Waals surface area contributed by atoms with Crippen molar-refractivity contribution < 1.29 is 18.7 Å². The zero-order valence-electron chi connectivity index (χ0n) is 21.6. The Kier molecular flexibility index (Phi) is 8.08. The molecule has 1 aromatic heterocycles. The van der Waals surface area contributed by atoms with Crippen molar-refractivity contribution in [3.8, 4) is 23.0 Å². The van der Waals surface area contributed by atoms with Crippen LogP contribution in [0.5, 0.6) is 11.5 Å². The number of rotatable bonds is 8. The predicted octanol–water partition coefficient (Wildman–Crippen LogP) is 6.79. The van der Waals surface area contributed by atoms with E-state index < -0.39 is 0 Å². The number of carbonyl (C=O) groups is 1. The van der Waals surface area contributed by atoms with Crippen LogP contribution in [0, 0.1) is 5.92 Å². The predicted molar refractivity (Wildman–Crippen MR) is 151 cm³/mol. The molecule has 37 heavy (non-hydrogen) atoms. The van der Waals surface area contributed by atoms with Gasteiger partial charge in [-0.05, 0) is 84.2 Å². The van der Waals surface area contributed by atoms with Gasteiger partial charge in [0.05, 0.1) is 19.4 Å². The van der Waals surface area contributed by atoms with Crippen LogP contribution in [0.2, 0.25) is 0 Å². The number of aromatic nitrogens is 1. The van der Waals surface area contributed by atoms with Crippen LogP contribution in [0.1, 0.15) is 49.5 Å². The first-order valence-electron chi connectivity index (χ1n) is 12.2. The van der Waals surface area contributed by atoms with E-state index in [2.05, 4.69) is 49.4 Å². The third-order valence-electron chi connectivity index (χ3n) is 5.70. The van der Waals surface area contributed by atoms with E-state index in [4.69, 9.17) is 26.1 Å². The van der Waals surface area contributed by atoms with E-state index in [1.807, 2.05) is 24.3 Å². The van der Waals surface area contributed by atoms with Crippen molar-refractivity contribution in [3.63, 3.8) is 0 Å². The highest BCUT2D eigenvalue weighted by molar-refractivity contribution is 7.80. The molecule has 2 N–H and O–H groups in total. The van der Waals surface area contributed by atoms with Gasteiger partial charge in [0.1, 0.15) is 17.0 Å². The summed E-state index contributed by atoms with van der Waals surface area (Å²) in [5.41, 5.74) is 4.50. The molecule has 1 heterocycles. The number of benzene rings is 3. The van der Waals surface area contributed by atoms with Crippen LogP contribution in [0.3, 0.4) is 0 Å². The molecule has 0 fully saturated rings. The molecule has 4 rings (SSSR count). The number of anilines is 1. The summed E-state index contributed by atoms with van der Waals surface area (Å²) in [7, 11) is 1.57. The Morgan fingerprint density at radius 2 is 1.78 bits per heavy atom. The van der Waals surface area contributed by atoms with Crippen molar-refractivity contribution in [2.45, 2.75) is 33.6 Å². The van der Waals surface area contributed by atoms with Crippen LogP contribution < -0.4 is 20.1 Å². The van der Waals surface area contributed by atoms with E-state index in [0.717, 1.165) is 11.1 Å². The second-order valence-electron chi connectivity index (χ2n) is 9.45. The molecule has 0 unspecified atom stereocenters. The highest BCUT2D eigenvalue weighted by Gasteiger charge is 2.15. The summed E-state index contributed by atoms with van der Waals surface area (Å²) in [5, 5.41) is 5.90. The lowest BCUT2D eigenvalue weighted by atomic mass is 10.0. The molecule has 0 aliphatic rings. The van der Waals surface area contributed by atoms with E-state index >= 15 is 0 Å².